The Labute approximate surface area is 324 Å². The Morgan fingerprint density at radius 2 is 1.59 bits per heavy atom. The zero-order chi connectivity index (χ0) is 39.2. The first-order valence-electron chi connectivity index (χ1n) is 18.7. The van der Waals surface area contributed by atoms with Gasteiger partial charge in [0.25, 0.3) is 5.91 Å². The van der Waals surface area contributed by atoms with Gasteiger partial charge in [-0.3, -0.25) is 19.2 Å². The van der Waals surface area contributed by atoms with Crippen LogP contribution in [0.1, 0.15) is 59.3 Å². The first-order chi connectivity index (χ1) is 27.3. The Balaban J connectivity index is 1.34. The van der Waals surface area contributed by atoms with Gasteiger partial charge in [0, 0.05) is 35.9 Å². The smallest absolute Gasteiger partial charge is 0.310 e. The predicted octanol–water partition coefficient (Wildman–Crippen LogP) is 5.21. The van der Waals surface area contributed by atoms with Gasteiger partial charge >= 0.3 is 11.9 Å². The molecule has 2 bridgehead atoms. The predicted molar refractivity (Wildman–Crippen MR) is 203 cm³/mol. The van der Waals surface area contributed by atoms with Gasteiger partial charge in [-0.25, -0.2) is 0 Å². The van der Waals surface area contributed by atoms with Crippen molar-refractivity contribution in [3.8, 4) is 23.0 Å². The number of rotatable bonds is 14. The van der Waals surface area contributed by atoms with E-state index in [-0.39, 0.29) is 64.1 Å². The summed E-state index contributed by atoms with van der Waals surface area (Å²) in [5, 5.41) is 9.44. The molecule has 3 aliphatic heterocycles. The summed E-state index contributed by atoms with van der Waals surface area (Å²) in [7, 11) is 1.57. The minimum Gasteiger partial charge on any atom is -0.497 e. The van der Waals surface area contributed by atoms with Gasteiger partial charge in [-0.1, -0.05) is 36.4 Å². The lowest BCUT2D eigenvalue weighted by Gasteiger charge is -2.55. The minimum atomic E-state index is -1.05. The molecule has 292 valence electrons. The summed E-state index contributed by atoms with van der Waals surface area (Å²) in [4.78, 5) is 60.0. The Kier molecular flexibility index (Phi) is 11.7. The highest BCUT2D eigenvalue weighted by molar-refractivity contribution is 5.99. The fraction of sp³-hybridized carbons (Fsp3) is 0.349. The SMILES string of the molecule is CCOC(=O)CC1C[C@H]2[C@H](OC(=O)Cc3ccc4c(c3)OCO4)[C@H](c3cc(OCCCO)ccc3N2C(=O)Cc2ccc(OC)cc2)N1C(=O)c1ccccc1. The number of carbonyl (C=O) groups is 4. The third-order valence-corrected chi connectivity index (χ3v) is 10.2. The molecule has 0 aromatic heterocycles. The molecule has 4 aromatic rings. The third-order valence-electron chi connectivity index (χ3n) is 10.2. The van der Waals surface area contributed by atoms with Crippen LogP contribution >= 0.6 is 0 Å². The van der Waals surface area contributed by atoms with Crippen molar-refractivity contribution in [3.63, 3.8) is 0 Å². The molecule has 13 heteroatoms. The average molecular weight is 765 g/mol. The van der Waals surface area contributed by atoms with Crippen molar-refractivity contribution in [2.24, 2.45) is 0 Å². The van der Waals surface area contributed by atoms with Gasteiger partial charge in [0.1, 0.15) is 17.6 Å². The molecule has 4 atom stereocenters. The summed E-state index contributed by atoms with van der Waals surface area (Å²) in [6.07, 6.45) is -0.828. The quantitative estimate of drug-likeness (QED) is 0.133. The lowest BCUT2D eigenvalue weighted by Crippen LogP contribution is -2.66. The van der Waals surface area contributed by atoms with Crippen molar-refractivity contribution in [1.29, 1.82) is 0 Å². The van der Waals surface area contributed by atoms with Gasteiger partial charge < -0.3 is 43.3 Å². The van der Waals surface area contributed by atoms with E-state index in [0.717, 1.165) is 5.56 Å². The van der Waals surface area contributed by atoms with Gasteiger partial charge in [0.2, 0.25) is 12.7 Å². The molecule has 2 amide bonds. The molecule has 1 fully saturated rings. The van der Waals surface area contributed by atoms with Gasteiger partial charge in [-0.2, -0.15) is 0 Å². The average Bonchev–Trinajstić information content (AvgIpc) is 3.67. The summed E-state index contributed by atoms with van der Waals surface area (Å²) in [6.45, 7) is 2.09. The number of methoxy groups -OCH3 is 1. The Morgan fingerprint density at radius 1 is 0.839 bits per heavy atom. The summed E-state index contributed by atoms with van der Waals surface area (Å²) < 4.78 is 34.2. The number of aliphatic hydroxyl groups is 1. The molecule has 0 spiro atoms. The molecule has 3 heterocycles. The molecule has 1 saturated heterocycles. The maximum absolute atomic E-state index is 14.8. The first-order valence-corrected chi connectivity index (χ1v) is 18.7. The number of amides is 2. The molecule has 3 aliphatic rings. The van der Waals surface area contributed by atoms with Crippen molar-refractivity contribution >= 4 is 29.4 Å². The molecular formula is C43H44N2O11. The van der Waals surface area contributed by atoms with Crippen molar-refractivity contribution in [3.05, 3.63) is 113 Å². The molecule has 56 heavy (non-hydrogen) atoms. The van der Waals surface area contributed by atoms with Crippen molar-refractivity contribution in [1.82, 2.24) is 4.90 Å². The summed E-state index contributed by atoms with van der Waals surface area (Å²) in [6, 6.07) is 23.9. The number of anilines is 1. The number of piperidine rings is 1. The summed E-state index contributed by atoms with van der Waals surface area (Å²) in [5.74, 6) is 0.434. The Bertz CT molecular complexity index is 2050. The first kappa shape index (κ1) is 38.2. The summed E-state index contributed by atoms with van der Waals surface area (Å²) in [5.41, 5.74) is 2.77. The van der Waals surface area contributed by atoms with Crippen LogP contribution in [0.5, 0.6) is 23.0 Å². The molecule has 0 aliphatic carbocycles. The van der Waals surface area contributed by atoms with E-state index < -0.39 is 36.2 Å². The molecular weight excluding hydrogens is 720 g/mol. The summed E-state index contributed by atoms with van der Waals surface area (Å²) >= 11 is 0. The van der Waals surface area contributed by atoms with Crippen molar-refractivity contribution in [2.75, 3.05) is 38.6 Å². The van der Waals surface area contributed by atoms with Crippen molar-refractivity contribution in [2.45, 2.75) is 63.3 Å². The van der Waals surface area contributed by atoms with E-state index in [9.17, 15) is 24.3 Å². The Hall–Kier alpha value is -6.08. The van der Waals surface area contributed by atoms with Gasteiger partial charge in [-0.05, 0) is 79.1 Å². The van der Waals surface area contributed by atoms with Gasteiger partial charge in [0.15, 0.2) is 11.5 Å². The van der Waals surface area contributed by atoms with E-state index in [1.165, 1.54) is 0 Å². The van der Waals surface area contributed by atoms with Crippen LogP contribution < -0.4 is 23.8 Å². The van der Waals surface area contributed by atoms with Crippen LogP contribution in [0.4, 0.5) is 5.69 Å². The van der Waals surface area contributed by atoms with E-state index in [1.807, 2.05) is 12.1 Å². The van der Waals surface area contributed by atoms with E-state index in [0.29, 0.717) is 51.8 Å². The second-order valence-corrected chi connectivity index (χ2v) is 13.7. The minimum absolute atomic E-state index is 0.00637. The molecule has 1 N–H and O–H groups in total. The number of benzene rings is 4. The monoisotopic (exact) mass is 764 g/mol. The van der Waals surface area contributed by atoms with Gasteiger partial charge in [-0.15, -0.1) is 0 Å². The lowest BCUT2D eigenvalue weighted by molar-refractivity contribution is -0.160. The van der Waals surface area contributed by atoms with Crippen LogP contribution in [-0.4, -0.2) is 85.7 Å². The van der Waals surface area contributed by atoms with Crippen molar-refractivity contribution < 1.29 is 52.7 Å². The molecule has 0 radical (unpaired) electrons. The maximum Gasteiger partial charge on any atom is 0.310 e. The zero-order valence-electron chi connectivity index (χ0n) is 31.3. The highest BCUT2D eigenvalue weighted by atomic mass is 16.7. The Morgan fingerprint density at radius 3 is 2.34 bits per heavy atom. The number of hydrogen-bond donors (Lipinski definition) is 1. The number of esters is 2. The molecule has 4 aromatic carbocycles. The van der Waals surface area contributed by atoms with E-state index in [4.69, 9.17) is 28.4 Å². The van der Waals surface area contributed by atoms with E-state index >= 15 is 0 Å². The second-order valence-electron chi connectivity index (χ2n) is 13.7. The van der Waals surface area contributed by atoms with E-state index in [1.54, 1.807) is 103 Å². The fourth-order valence-corrected chi connectivity index (χ4v) is 7.71. The topological polar surface area (TPSA) is 150 Å². The number of carbonyl (C=O) groups excluding carboxylic acids is 4. The second kappa shape index (κ2) is 17.2. The van der Waals surface area contributed by atoms with Crippen LogP contribution in [0.15, 0.2) is 91.0 Å². The number of fused-ring (bicyclic) bond motifs is 5. The number of ether oxygens (including phenoxy) is 6. The van der Waals surface area contributed by atoms with Crippen LogP contribution in [-0.2, 0) is 36.7 Å². The number of likely N-dealkylation sites (tertiary alicyclic amines) is 1. The maximum atomic E-state index is 14.8. The van der Waals surface area contributed by atoms with Crippen LogP contribution in [0.2, 0.25) is 0 Å². The highest BCUT2D eigenvalue weighted by Crippen LogP contribution is 2.50. The normalized spacial score (nSPS) is 19.1. The largest absolute Gasteiger partial charge is 0.497 e. The standard InChI is InChI=1S/C43H44N2O11/c1-3-52-39(48)24-30-23-35-42(56-40(49)22-28-12-17-36-37(20-28)55-26-54-36)41(44(30)43(50)29-8-5-4-6-9-29)33-25-32(53-19-7-18-46)15-16-34(33)45(35)38(47)21-27-10-13-31(51-2)14-11-27/h4-6,8-17,20,25,30,35,41-42,46H,3,7,18-19,21-24,26H2,1-2H3/t30?,35-,41-,42-/m0/s1. The van der Waals surface area contributed by atoms with Crippen LogP contribution in [0, 0.1) is 0 Å². The molecule has 1 unspecified atom stereocenters. The molecule has 13 nitrogen and oxygen atoms in total. The molecule has 0 saturated carbocycles. The highest BCUT2D eigenvalue weighted by Gasteiger charge is 2.55. The van der Waals surface area contributed by atoms with Crippen LogP contribution in [0.3, 0.4) is 0 Å². The third kappa shape index (κ3) is 8.13. The molecule has 7 rings (SSSR count). The number of nitrogens with zero attached hydrogens (tertiary/aromatic N) is 2. The van der Waals surface area contributed by atoms with Crippen LogP contribution in [0.25, 0.3) is 0 Å². The zero-order valence-corrected chi connectivity index (χ0v) is 31.3. The van der Waals surface area contributed by atoms with Gasteiger partial charge in [0.05, 0.1) is 51.7 Å². The number of hydrogen-bond acceptors (Lipinski definition) is 11. The fourth-order valence-electron chi connectivity index (χ4n) is 7.71. The lowest BCUT2D eigenvalue weighted by atomic mass is 9.77. The van der Waals surface area contributed by atoms with E-state index in [2.05, 4.69) is 0 Å². The number of aliphatic hydroxyl groups excluding tert-OH is 1.